The molecule has 0 saturated heterocycles. The predicted octanol–water partition coefficient (Wildman–Crippen LogP) is -0.0842. The predicted molar refractivity (Wildman–Crippen MR) is 84.7 cm³/mol. The van der Waals surface area contributed by atoms with E-state index in [-0.39, 0.29) is 36.8 Å². The first-order chi connectivity index (χ1) is 11.5. The zero-order valence-corrected chi connectivity index (χ0v) is 13.9. The maximum Gasteiger partial charge on any atom is 0.296 e. The number of rotatable bonds is 5. The molecule has 2 heterocycles. The van der Waals surface area contributed by atoms with Crippen molar-refractivity contribution in [2.24, 2.45) is 0 Å². The van der Waals surface area contributed by atoms with Gasteiger partial charge in [-0.2, -0.15) is 0 Å². The fraction of sp³-hybridized carbons (Fsp3) is 0.688. The van der Waals surface area contributed by atoms with Crippen molar-refractivity contribution in [2.45, 2.75) is 44.4 Å². The Bertz CT molecular complexity index is 668. The lowest BCUT2D eigenvalue weighted by atomic mass is 9.77. The van der Waals surface area contributed by atoms with E-state index in [1.54, 1.807) is 12.0 Å². The molecule has 0 bridgehead atoms. The Labute approximate surface area is 140 Å². The first kappa shape index (κ1) is 16.9. The number of ether oxygens (including phenoxy) is 2. The van der Waals surface area contributed by atoms with E-state index in [1.807, 2.05) is 0 Å². The molecule has 1 amide bonds. The summed E-state index contributed by atoms with van der Waals surface area (Å²) in [5.74, 6) is 0.0743. The average molecular weight is 337 g/mol. The molecular formula is C16H23N3O5. The number of aliphatic hydroxyl groups is 1. The molecule has 1 aliphatic carbocycles. The summed E-state index contributed by atoms with van der Waals surface area (Å²) in [6.45, 7) is 1.65. The van der Waals surface area contributed by atoms with Crippen molar-refractivity contribution < 1.29 is 19.4 Å². The van der Waals surface area contributed by atoms with Gasteiger partial charge >= 0.3 is 0 Å². The van der Waals surface area contributed by atoms with Gasteiger partial charge in [-0.3, -0.25) is 14.2 Å². The SMILES string of the molecule is COCCn1cnc2c(c1=O)OCCN(C(=O)CC1(O)CCC1)C2. The number of hydrogen-bond acceptors (Lipinski definition) is 6. The van der Waals surface area contributed by atoms with Gasteiger partial charge in [-0.05, 0) is 19.3 Å². The van der Waals surface area contributed by atoms with Crippen LogP contribution in [0, 0.1) is 0 Å². The van der Waals surface area contributed by atoms with Crippen molar-refractivity contribution in [3.05, 3.63) is 22.4 Å². The average Bonchev–Trinajstić information content (AvgIpc) is 2.76. The van der Waals surface area contributed by atoms with Crippen LogP contribution in [-0.4, -0.2) is 57.9 Å². The number of fused-ring (bicyclic) bond motifs is 1. The van der Waals surface area contributed by atoms with Crippen LogP contribution in [0.15, 0.2) is 11.1 Å². The van der Waals surface area contributed by atoms with Gasteiger partial charge in [0.2, 0.25) is 11.7 Å². The third kappa shape index (κ3) is 3.44. The van der Waals surface area contributed by atoms with Crippen molar-refractivity contribution in [2.75, 3.05) is 26.9 Å². The van der Waals surface area contributed by atoms with Crippen LogP contribution in [0.2, 0.25) is 0 Å². The van der Waals surface area contributed by atoms with E-state index < -0.39 is 5.60 Å². The van der Waals surface area contributed by atoms with Crippen LogP contribution >= 0.6 is 0 Å². The summed E-state index contributed by atoms with van der Waals surface area (Å²) in [5.41, 5.74) is -0.659. The maximum absolute atomic E-state index is 12.4. The highest BCUT2D eigenvalue weighted by molar-refractivity contribution is 5.77. The van der Waals surface area contributed by atoms with Crippen molar-refractivity contribution in [1.82, 2.24) is 14.5 Å². The third-order valence-corrected chi connectivity index (χ3v) is 4.67. The molecule has 3 rings (SSSR count). The normalized spacial score (nSPS) is 19.0. The topological polar surface area (TPSA) is 93.9 Å². The number of carbonyl (C=O) groups is 1. The Kier molecular flexibility index (Phi) is 4.86. The van der Waals surface area contributed by atoms with Crippen LogP contribution in [-0.2, 0) is 22.6 Å². The summed E-state index contributed by atoms with van der Waals surface area (Å²) in [6, 6.07) is 0. The van der Waals surface area contributed by atoms with E-state index >= 15 is 0 Å². The van der Waals surface area contributed by atoms with Crippen LogP contribution in [0.25, 0.3) is 0 Å². The Morgan fingerprint density at radius 2 is 2.29 bits per heavy atom. The molecule has 1 N–H and O–H groups in total. The Hall–Kier alpha value is -1.93. The quantitative estimate of drug-likeness (QED) is 0.807. The Balaban J connectivity index is 1.74. The van der Waals surface area contributed by atoms with E-state index in [1.165, 1.54) is 10.9 Å². The van der Waals surface area contributed by atoms with Crippen LogP contribution in [0.4, 0.5) is 0 Å². The highest BCUT2D eigenvalue weighted by Gasteiger charge is 2.38. The van der Waals surface area contributed by atoms with Gasteiger partial charge in [-0.15, -0.1) is 0 Å². The van der Waals surface area contributed by atoms with Crippen molar-refractivity contribution in [3.63, 3.8) is 0 Å². The molecule has 0 atom stereocenters. The molecule has 1 saturated carbocycles. The molecule has 1 aromatic rings. The summed E-state index contributed by atoms with van der Waals surface area (Å²) in [6.07, 6.45) is 3.87. The molecule has 0 spiro atoms. The number of nitrogens with zero attached hydrogens (tertiary/aromatic N) is 3. The molecule has 24 heavy (non-hydrogen) atoms. The van der Waals surface area contributed by atoms with Crippen molar-refractivity contribution >= 4 is 5.91 Å². The van der Waals surface area contributed by atoms with Crippen molar-refractivity contribution in [1.29, 1.82) is 0 Å². The number of carbonyl (C=O) groups excluding carboxylic acids is 1. The van der Waals surface area contributed by atoms with Gasteiger partial charge in [0.1, 0.15) is 12.3 Å². The van der Waals surface area contributed by atoms with Crippen LogP contribution < -0.4 is 10.3 Å². The Morgan fingerprint density at radius 1 is 1.50 bits per heavy atom. The fourth-order valence-corrected chi connectivity index (χ4v) is 3.00. The molecule has 0 aromatic carbocycles. The van der Waals surface area contributed by atoms with E-state index in [0.29, 0.717) is 38.2 Å². The van der Waals surface area contributed by atoms with E-state index in [0.717, 1.165) is 6.42 Å². The lowest BCUT2D eigenvalue weighted by molar-refractivity contribution is -0.141. The zero-order valence-electron chi connectivity index (χ0n) is 13.9. The molecule has 8 heteroatoms. The van der Waals surface area contributed by atoms with Crippen molar-refractivity contribution in [3.8, 4) is 5.75 Å². The van der Waals surface area contributed by atoms with Gasteiger partial charge in [0, 0.05) is 7.11 Å². The third-order valence-electron chi connectivity index (χ3n) is 4.67. The van der Waals surface area contributed by atoms with E-state index in [2.05, 4.69) is 4.98 Å². The molecular weight excluding hydrogens is 314 g/mol. The molecule has 8 nitrogen and oxygen atoms in total. The molecule has 1 fully saturated rings. The monoisotopic (exact) mass is 337 g/mol. The maximum atomic E-state index is 12.4. The van der Waals surface area contributed by atoms with Crippen LogP contribution in [0.1, 0.15) is 31.4 Å². The number of hydrogen-bond donors (Lipinski definition) is 1. The minimum absolute atomic E-state index is 0.118. The van der Waals surface area contributed by atoms with Gasteiger partial charge in [0.25, 0.3) is 5.56 Å². The first-order valence-electron chi connectivity index (χ1n) is 8.23. The number of amides is 1. The molecule has 1 aliphatic heterocycles. The summed E-state index contributed by atoms with van der Waals surface area (Å²) in [7, 11) is 1.57. The second-order valence-corrected chi connectivity index (χ2v) is 6.43. The first-order valence-corrected chi connectivity index (χ1v) is 8.23. The highest BCUT2D eigenvalue weighted by atomic mass is 16.5. The summed E-state index contributed by atoms with van der Waals surface area (Å²) < 4.78 is 12.0. The fourth-order valence-electron chi connectivity index (χ4n) is 3.00. The number of aromatic nitrogens is 2. The van der Waals surface area contributed by atoms with Gasteiger partial charge in [-0.25, -0.2) is 4.98 Å². The summed E-state index contributed by atoms with van der Waals surface area (Å²) in [4.78, 5) is 30.8. The lowest BCUT2D eigenvalue weighted by Crippen LogP contribution is -2.44. The zero-order chi connectivity index (χ0) is 17.2. The van der Waals surface area contributed by atoms with Crippen LogP contribution in [0.3, 0.4) is 0 Å². The van der Waals surface area contributed by atoms with Gasteiger partial charge < -0.3 is 19.5 Å². The summed E-state index contributed by atoms with van der Waals surface area (Å²) >= 11 is 0. The summed E-state index contributed by atoms with van der Waals surface area (Å²) in [5, 5.41) is 10.2. The highest BCUT2D eigenvalue weighted by Crippen LogP contribution is 2.35. The lowest BCUT2D eigenvalue weighted by Gasteiger charge is -2.37. The second-order valence-electron chi connectivity index (χ2n) is 6.43. The minimum Gasteiger partial charge on any atom is -0.485 e. The molecule has 2 aliphatic rings. The van der Waals surface area contributed by atoms with Crippen LogP contribution in [0.5, 0.6) is 5.75 Å². The molecule has 132 valence electrons. The second kappa shape index (κ2) is 6.90. The van der Waals surface area contributed by atoms with Gasteiger partial charge in [0.15, 0.2) is 0 Å². The van der Waals surface area contributed by atoms with Gasteiger partial charge in [-0.1, -0.05) is 0 Å². The Morgan fingerprint density at radius 3 is 2.96 bits per heavy atom. The molecule has 1 aromatic heterocycles. The smallest absolute Gasteiger partial charge is 0.296 e. The molecule has 0 radical (unpaired) electrons. The largest absolute Gasteiger partial charge is 0.485 e. The molecule has 0 unspecified atom stereocenters. The minimum atomic E-state index is -0.857. The number of methoxy groups -OCH3 is 1. The van der Waals surface area contributed by atoms with E-state index in [4.69, 9.17) is 9.47 Å². The van der Waals surface area contributed by atoms with Gasteiger partial charge in [0.05, 0.1) is 44.6 Å². The van der Waals surface area contributed by atoms with E-state index in [9.17, 15) is 14.7 Å². The standard InChI is InChI=1S/C16H23N3O5/c1-23-7-5-19-11-17-12-10-18(6-8-24-14(12)15(19)21)13(20)9-16(22)3-2-4-16/h11,22H,2-10H2,1H3.